The molecule has 1 saturated heterocycles. The zero-order valence-corrected chi connectivity index (χ0v) is 14.6. The second kappa shape index (κ2) is 9.01. The van der Waals surface area contributed by atoms with E-state index < -0.39 is 0 Å². The molecular weight excluding hydrogens is 316 g/mol. The molecule has 2 unspecified atom stereocenters. The van der Waals surface area contributed by atoms with Gasteiger partial charge in [0, 0.05) is 50.2 Å². The molecule has 2 N–H and O–H groups in total. The lowest BCUT2D eigenvalue weighted by molar-refractivity contribution is 0.0145. The van der Waals surface area contributed by atoms with Crippen LogP contribution >= 0.6 is 0 Å². The fourth-order valence-corrected chi connectivity index (χ4v) is 2.99. The zero-order valence-electron chi connectivity index (χ0n) is 14.6. The van der Waals surface area contributed by atoms with Gasteiger partial charge in [-0.3, -0.25) is 4.90 Å². The number of nitrogens with one attached hydrogen (secondary N) is 1. The Morgan fingerprint density at radius 1 is 1.12 bits per heavy atom. The molecule has 6 heteroatoms. The second-order valence-electron chi connectivity index (χ2n) is 6.45. The normalized spacial score (nSPS) is 18.0. The lowest BCUT2D eigenvalue weighted by atomic mass is 10.0. The van der Waals surface area contributed by atoms with Crippen LogP contribution in [0.2, 0.25) is 0 Å². The average Bonchev–Trinajstić information content (AvgIpc) is 2.68. The largest absolute Gasteiger partial charge is 0.390 e. The minimum atomic E-state index is -0.374. The molecule has 0 saturated carbocycles. The Bertz CT molecular complexity index is 630. The Morgan fingerprint density at radius 3 is 2.48 bits per heavy atom. The number of hydrogen-bond donors (Lipinski definition) is 2. The van der Waals surface area contributed by atoms with E-state index in [4.69, 9.17) is 4.74 Å². The van der Waals surface area contributed by atoms with Crippen LogP contribution in [0.4, 0.5) is 0 Å². The summed E-state index contributed by atoms with van der Waals surface area (Å²) >= 11 is 0. The highest BCUT2D eigenvalue weighted by molar-refractivity contribution is 5.61. The molecule has 1 aromatic carbocycles. The lowest BCUT2D eigenvalue weighted by Crippen LogP contribution is -2.44. The van der Waals surface area contributed by atoms with Gasteiger partial charge in [0.15, 0.2) is 0 Å². The van der Waals surface area contributed by atoms with Crippen LogP contribution in [-0.4, -0.2) is 65.5 Å². The number of β-amino-alcohol motifs (C(OH)–C–C–N with tert-alkyl or cyclic N) is 1. The van der Waals surface area contributed by atoms with Crippen molar-refractivity contribution in [3.05, 3.63) is 48.5 Å². The second-order valence-corrected chi connectivity index (χ2v) is 6.45. The number of rotatable bonds is 7. The molecule has 2 aromatic rings. The Labute approximate surface area is 148 Å². The van der Waals surface area contributed by atoms with Crippen molar-refractivity contribution in [3.8, 4) is 11.1 Å². The number of aliphatic hydroxyl groups excluding tert-OH is 1. The molecule has 2 atom stereocenters. The van der Waals surface area contributed by atoms with Crippen LogP contribution in [0.5, 0.6) is 0 Å². The van der Waals surface area contributed by atoms with E-state index in [0.29, 0.717) is 13.1 Å². The third-order valence-electron chi connectivity index (χ3n) is 4.54. The van der Waals surface area contributed by atoms with Gasteiger partial charge in [-0.05, 0) is 18.1 Å². The van der Waals surface area contributed by atoms with E-state index in [1.807, 2.05) is 12.4 Å². The molecule has 1 aliphatic rings. The molecule has 1 aromatic heterocycles. The maximum Gasteiger partial charge on any atom is 0.115 e. The third-order valence-corrected chi connectivity index (χ3v) is 4.54. The molecule has 6 nitrogen and oxygen atoms in total. The van der Waals surface area contributed by atoms with Gasteiger partial charge in [0.2, 0.25) is 0 Å². The van der Waals surface area contributed by atoms with Crippen LogP contribution in [0.25, 0.3) is 11.1 Å². The molecule has 1 fully saturated rings. The Hall–Kier alpha value is -1.86. The maximum absolute atomic E-state index is 10.2. The van der Waals surface area contributed by atoms with Crippen LogP contribution in [0, 0.1) is 0 Å². The molecule has 1 aliphatic heterocycles. The molecule has 2 heterocycles. The van der Waals surface area contributed by atoms with Crippen LogP contribution in [0.1, 0.15) is 18.5 Å². The number of ether oxygens (including phenoxy) is 1. The zero-order chi connectivity index (χ0) is 17.5. The van der Waals surface area contributed by atoms with Gasteiger partial charge >= 0.3 is 0 Å². The highest BCUT2D eigenvalue weighted by atomic mass is 16.5. The minimum Gasteiger partial charge on any atom is -0.390 e. The number of morpholine rings is 1. The van der Waals surface area contributed by atoms with Gasteiger partial charge in [-0.15, -0.1) is 0 Å². The fraction of sp³-hybridized carbons (Fsp3) is 0.474. The topological polar surface area (TPSA) is 70.5 Å². The highest BCUT2D eigenvalue weighted by Gasteiger charge is 2.15. The molecule has 0 spiro atoms. The molecule has 0 bridgehead atoms. The first-order valence-electron chi connectivity index (χ1n) is 8.79. The first kappa shape index (κ1) is 17.9. The van der Waals surface area contributed by atoms with E-state index in [0.717, 1.165) is 37.4 Å². The highest BCUT2D eigenvalue weighted by Crippen LogP contribution is 2.20. The number of hydrogen-bond acceptors (Lipinski definition) is 6. The predicted octanol–water partition coefficient (Wildman–Crippen LogP) is 1.49. The van der Waals surface area contributed by atoms with Gasteiger partial charge in [-0.1, -0.05) is 24.3 Å². The number of benzene rings is 1. The van der Waals surface area contributed by atoms with Crippen LogP contribution in [0.3, 0.4) is 0 Å². The molecule has 0 amide bonds. The van der Waals surface area contributed by atoms with Crippen LogP contribution < -0.4 is 5.32 Å². The molecule has 134 valence electrons. The quantitative estimate of drug-likeness (QED) is 0.794. The van der Waals surface area contributed by atoms with Gasteiger partial charge < -0.3 is 15.2 Å². The van der Waals surface area contributed by atoms with Gasteiger partial charge in [-0.2, -0.15) is 0 Å². The SMILES string of the molecule is CC(NCC(O)CN1CCOCC1)c1ccc(-c2cncnc2)cc1. The van der Waals surface area contributed by atoms with Crippen molar-refractivity contribution in [1.29, 1.82) is 0 Å². The van der Waals surface area contributed by atoms with Crippen molar-refractivity contribution < 1.29 is 9.84 Å². The van der Waals surface area contributed by atoms with E-state index in [1.54, 1.807) is 0 Å². The van der Waals surface area contributed by atoms with Crippen molar-refractivity contribution >= 4 is 0 Å². The monoisotopic (exact) mass is 342 g/mol. The predicted molar refractivity (Wildman–Crippen MR) is 97.2 cm³/mol. The van der Waals surface area contributed by atoms with Crippen LogP contribution in [0.15, 0.2) is 43.0 Å². The average molecular weight is 342 g/mol. The minimum absolute atomic E-state index is 0.181. The summed E-state index contributed by atoms with van der Waals surface area (Å²) in [6.45, 7) is 6.70. The molecule has 25 heavy (non-hydrogen) atoms. The fourth-order valence-electron chi connectivity index (χ4n) is 2.99. The van der Waals surface area contributed by atoms with Crippen molar-refractivity contribution in [1.82, 2.24) is 20.2 Å². The van der Waals surface area contributed by atoms with Gasteiger partial charge in [-0.25, -0.2) is 9.97 Å². The number of aliphatic hydroxyl groups is 1. The number of nitrogens with zero attached hydrogens (tertiary/aromatic N) is 3. The summed E-state index contributed by atoms with van der Waals surface area (Å²) in [5.41, 5.74) is 3.30. The molecule has 0 aliphatic carbocycles. The molecular formula is C19H26N4O2. The summed E-state index contributed by atoms with van der Waals surface area (Å²) in [6.07, 6.45) is 4.78. The summed E-state index contributed by atoms with van der Waals surface area (Å²) in [4.78, 5) is 10.4. The summed E-state index contributed by atoms with van der Waals surface area (Å²) in [6, 6.07) is 8.55. The first-order valence-corrected chi connectivity index (χ1v) is 8.79. The van der Waals surface area contributed by atoms with Gasteiger partial charge in [0.25, 0.3) is 0 Å². The van der Waals surface area contributed by atoms with Gasteiger partial charge in [0.1, 0.15) is 6.33 Å². The summed E-state index contributed by atoms with van der Waals surface area (Å²) in [5, 5.41) is 13.6. The number of aromatic nitrogens is 2. The maximum atomic E-state index is 10.2. The van der Waals surface area contributed by atoms with Crippen molar-refractivity contribution in [3.63, 3.8) is 0 Å². The molecule has 3 rings (SSSR count). The van der Waals surface area contributed by atoms with Gasteiger partial charge in [0.05, 0.1) is 19.3 Å². The van der Waals surface area contributed by atoms with Crippen molar-refractivity contribution in [2.75, 3.05) is 39.4 Å². The van der Waals surface area contributed by atoms with E-state index in [1.165, 1.54) is 11.9 Å². The smallest absolute Gasteiger partial charge is 0.115 e. The van der Waals surface area contributed by atoms with E-state index >= 15 is 0 Å². The van der Waals surface area contributed by atoms with Crippen LogP contribution in [-0.2, 0) is 4.74 Å². The molecule has 0 radical (unpaired) electrons. The first-order chi connectivity index (χ1) is 12.2. The Kier molecular flexibility index (Phi) is 6.47. The van der Waals surface area contributed by atoms with E-state index in [2.05, 4.69) is 51.4 Å². The summed E-state index contributed by atoms with van der Waals surface area (Å²) in [7, 11) is 0. The van der Waals surface area contributed by atoms with E-state index in [9.17, 15) is 5.11 Å². The summed E-state index contributed by atoms with van der Waals surface area (Å²) < 4.78 is 5.33. The van der Waals surface area contributed by atoms with Crippen molar-refractivity contribution in [2.24, 2.45) is 0 Å². The summed E-state index contributed by atoms with van der Waals surface area (Å²) in [5.74, 6) is 0. The Morgan fingerprint density at radius 2 is 1.80 bits per heavy atom. The van der Waals surface area contributed by atoms with Crippen molar-refractivity contribution in [2.45, 2.75) is 19.1 Å². The standard InChI is InChI=1S/C19H26N4O2/c1-15(22-12-19(24)13-23-6-8-25-9-7-23)16-2-4-17(5-3-16)18-10-20-14-21-11-18/h2-5,10-11,14-15,19,22,24H,6-9,12-13H2,1H3. The lowest BCUT2D eigenvalue weighted by Gasteiger charge is -2.29. The Balaban J connectivity index is 1.48. The third kappa shape index (κ3) is 5.31. The van der Waals surface area contributed by atoms with E-state index in [-0.39, 0.29) is 12.1 Å².